The first-order valence-electron chi connectivity index (χ1n) is 12.0. The van der Waals surface area contributed by atoms with Gasteiger partial charge in [0, 0.05) is 23.3 Å². The van der Waals surface area contributed by atoms with E-state index in [-0.39, 0.29) is 41.7 Å². The van der Waals surface area contributed by atoms with E-state index in [1.807, 2.05) is 0 Å². The van der Waals surface area contributed by atoms with E-state index in [9.17, 15) is 19.2 Å². The number of aromatic amines is 1. The van der Waals surface area contributed by atoms with Crippen molar-refractivity contribution in [2.45, 2.75) is 25.4 Å². The van der Waals surface area contributed by atoms with Gasteiger partial charge in [-0.15, -0.1) is 0 Å². The van der Waals surface area contributed by atoms with Crippen LogP contribution in [-0.4, -0.2) is 61.0 Å². The molecule has 13 nitrogen and oxygen atoms in total. The van der Waals surface area contributed by atoms with E-state index in [4.69, 9.17) is 17.3 Å². The van der Waals surface area contributed by atoms with Crippen LogP contribution in [0.1, 0.15) is 23.3 Å². The number of rotatable bonds is 9. The second-order valence-electron chi connectivity index (χ2n) is 8.91. The first-order valence-corrected chi connectivity index (χ1v) is 12.4. The highest BCUT2D eigenvalue weighted by atomic mass is 35.5. The minimum Gasteiger partial charge on any atom is -0.364 e. The molecule has 0 atom stereocenters. The average molecular weight is 550 g/mol. The normalized spacial score (nSPS) is 12.6. The standard InChI is InChI=1S/C25H24ClN9O4/c26-18-3-1-4-20(30-18)31-21(36)12-34(15-7-8-15)22(37)13-35-17-9-6-14(11-16(17)23(33-35)24(27)38)29-25(39)32-19-5-2-10-28-19/h1-6,9-11,15,28H,7-8,12-13H2,(H2,27,38)(H2,29,32,39)(H,30,31,36). The molecule has 0 aliphatic heterocycles. The molecule has 200 valence electrons. The summed E-state index contributed by atoms with van der Waals surface area (Å²) in [6.45, 7) is -0.396. The summed E-state index contributed by atoms with van der Waals surface area (Å²) in [4.78, 5) is 58.7. The Labute approximate surface area is 226 Å². The minimum absolute atomic E-state index is 0.0472. The maximum Gasteiger partial charge on any atom is 0.324 e. The zero-order valence-corrected chi connectivity index (χ0v) is 21.2. The van der Waals surface area contributed by atoms with Crippen molar-refractivity contribution in [1.82, 2.24) is 24.6 Å². The molecule has 3 aromatic heterocycles. The number of carbonyl (C=O) groups is 4. The summed E-state index contributed by atoms with van der Waals surface area (Å²) in [5, 5.41) is 12.8. The third-order valence-corrected chi connectivity index (χ3v) is 6.19. The lowest BCUT2D eigenvalue weighted by atomic mass is 10.2. The third-order valence-electron chi connectivity index (χ3n) is 5.98. The molecule has 0 bridgehead atoms. The van der Waals surface area contributed by atoms with Crippen LogP contribution in [0.5, 0.6) is 0 Å². The number of nitrogens with one attached hydrogen (secondary N) is 4. The number of nitrogens with zero attached hydrogens (tertiary/aromatic N) is 4. The van der Waals surface area contributed by atoms with Crippen LogP contribution in [0.4, 0.5) is 22.1 Å². The largest absolute Gasteiger partial charge is 0.364 e. The second kappa shape index (κ2) is 10.8. The van der Waals surface area contributed by atoms with Crippen LogP contribution in [0.2, 0.25) is 5.15 Å². The Morgan fingerprint density at radius 2 is 1.90 bits per heavy atom. The van der Waals surface area contributed by atoms with Gasteiger partial charge in [-0.1, -0.05) is 17.7 Å². The van der Waals surface area contributed by atoms with Gasteiger partial charge in [-0.05, 0) is 55.3 Å². The third kappa shape index (κ3) is 6.15. The Morgan fingerprint density at radius 3 is 2.59 bits per heavy atom. The monoisotopic (exact) mass is 549 g/mol. The predicted molar refractivity (Wildman–Crippen MR) is 144 cm³/mol. The van der Waals surface area contributed by atoms with Crippen LogP contribution in [0.15, 0.2) is 54.7 Å². The van der Waals surface area contributed by atoms with Gasteiger partial charge < -0.3 is 26.3 Å². The van der Waals surface area contributed by atoms with Crippen molar-refractivity contribution < 1.29 is 19.2 Å². The molecule has 1 saturated carbocycles. The van der Waals surface area contributed by atoms with Crippen molar-refractivity contribution in [3.05, 3.63) is 65.6 Å². The highest BCUT2D eigenvalue weighted by Gasteiger charge is 2.34. The highest BCUT2D eigenvalue weighted by molar-refractivity contribution is 6.29. The van der Waals surface area contributed by atoms with Crippen LogP contribution < -0.4 is 21.7 Å². The van der Waals surface area contributed by atoms with Gasteiger partial charge in [-0.2, -0.15) is 5.10 Å². The summed E-state index contributed by atoms with van der Waals surface area (Å²) in [6, 6.07) is 12.5. The number of halogens is 1. The van der Waals surface area contributed by atoms with Gasteiger partial charge in [0.1, 0.15) is 29.9 Å². The van der Waals surface area contributed by atoms with Crippen molar-refractivity contribution in [1.29, 1.82) is 0 Å². The molecule has 0 radical (unpaired) electrons. The Kier molecular flexibility index (Phi) is 7.14. The fraction of sp³-hybridized carbons (Fsp3) is 0.200. The number of aromatic nitrogens is 4. The Balaban J connectivity index is 1.31. The quantitative estimate of drug-likeness (QED) is 0.200. The van der Waals surface area contributed by atoms with Crippen molar-refractivity contribution in [3.8, 4) is 0 Å². The van der Waals surface area contributed by atoms with E-state index < -0.39 is 17.8 Å². The lowest BCUT2D eigenvalue weighted by Crippen LogP contribution is -2.41. The molecule has 0 spiro atoms. The van der Waals surface area contributed by atoms with Gasteiger partial charge in [0.2, 0.25) is 11.8 Å². The Bertz CT molecular complexity index is 1560. The van der Waals surface area contributed by atoms with Crippen molar-refractivity contribution >= 4 is 63.6 Å². The molecule has 0 unspecified atom stereocenters. The molecule has 6 N–H and O–H groups in total. The summed E-state index contributed by atoms with van der Waals surface area (Å²) in [5.74, 6) is -0.755. The fourth-order valence-electron chi connectivity index (χ4n) is 4.09. The van der Waals surface area contributed by atoms with Gasteiger partial charge in [0.25, 0.3) is 5.91 Å². The first-order chi connectivity index (χ1) is 18.8. The average Bonchev–Trinajstić information content (AvgIpc) is 3.48. The molecule has 1 fully saturated rings. The molecule has 5 rings (SSSR count). The van der Waals surface area contributed by atoms with E-state index in [0.29, 0.717) is 22.4 Å². The molecule has 1 aliphatic carbocycles. The van der Waals surface area contributed by atoms with Gasteiger partial charge in [-0.25, -0.2) is 9.78 Å². The number of hydrogen-bond acceptors (Lipinski definition) is 6. The molecule has 3 heterocycles. The molecular weight excluding hydrogens is 526 g/mol. The number of fused-ring (bicyclic) bond motifs is 1. The van der Waals surface area contributed by atoms with Gasteiger partial charge >= 0.3 is 6.03 Å². The maximum absolute atomic E-state index is 13.3. The molecule has 0 saturated heterocycles. The van der Waals surface area contributed by atoms with Crippen LogP contribution in [0.3, 0.4) is 0 Å². The van der Waals surface area contributed by atoms with E-state index in [1.165, 1.54) is 9.58 Å². The molecular formula is C25H24ClN9O4. The summed E-state index contributed by atoms with van der Waals surface area (Å²) < 4.78 is 1.37. The van der Waals surface area contributed by atoms with Crippen LogP contribution in [-0.2, 0) is 16.1 Å². The van der Waals surface area contributed by atoms with E-state index >= 15 is 0 Å². The number of anilines is 3. The second-order valence-corrected chi connectivity index (χ2v) is 9.30. The number of urea groups is 1. The van der Waals surface area contributed by atoms with Crippen LogP contribution in [0.25, 0.3) is 10.9 Å². The summed E-state index contributed by atoms with van der Waals surface area (Å²) in [7, 11) is 0. The molecule has 14 heteroatoms. The smallest absolute Gasteiger partial charge is 0.324 e. The number of hydrogen-bond donors (Lipinski definition) is 5. The van der Waals surface area contributed by atoms with Gasteiger partial charge in [0.15, 0.2) is 5.69 Å². The van der Waals surface area contributed by atoms with Crippen molar-refractivity contribution in [3.63, 3.8) is 0 Å². The number of amides is 5. The van der Waals surface area contributed by atoms with E-state index in [2.05, 4.69) is 31.0 Å². The van der Waals surface area contributed by atoms with Gasteiger partial charge in [0.05, 0.1) is 5.52 Å². The van der Waals surface area contributed by atoms with E-state index in [0.717, 1.165) is 12.8 Å². The van der Waals surface area contributed by atoms with Crippen molar-refractivity contribution in [2.75, 3.05) is 22.5 Å². The molecule has 1 aliphatic rings. The lowest BCUT2D eigenvalue weighted by molar-refractivity contribution is -0.135. The number of primary amides is 1. The summed E-state index contributed by atoms with van der Waals surface area (Å²) >= 11 is 5.88. The lowest BCUT2D eigenvalue weighted by Gasteiger charge is -2.22. The summed E-state index contributed by atoms with van der Waals surface area (Å²) in [5.41, 5.74) is 6.37. The maximum atomic E-state index is 13.3. The topological polar surface area (TPSA) is 180 Å². The number of nitrogens with two attached hydrogens (primary N) is 1. The molecule has 4 aromatic rings. The summed E-state index contributed by atoms with van der Waals surface area (Å²) in [6.07, 6.45) is 3.23. The molecule has 5 amide bonds. The SMILES string of the molecule is NC(=O)c1nn(CC(=O)N(CC(=O)Nc2cccc(Cl)n2)C2CC2)c2ccc(NC(=O)Nc3ccc[nH]3)cc12. The van der Waals surface area contributed by atoms with E-state index in [1.54, 1.807) is 54.7 Å². The van der Waals surface area contributed by atoms with Crippen LogP contribution in [0, 0.1) is 0 Å². The highest BCUT2D eigenvalue weighted by Crippen LogP contribution is 2.28. The zero-order chi connectivity index (χ0) is 27.5. The number of pyridine rings is 1. The number of carbonyl (C=O) groups excluding carboxylic acids is 4. The Morgan fingerprint density at radius 1 is 1.08 bits per heavy atom. The van der Waals surface area contributed by atoms with Crippen LogP contribution >= 0.6 is 11.6 Å². The Hall–Kier alpha value is -4.91. The first kappa shape index (κ1) is 25.7. The molecule has 1 aromatic carbocycles. The zero-order valence-electron chi connectivity index (χ0n) is 20.5. The van der Waals surface area contributed by atoms with Crippen molar-refractivity contribution in [2.24, 2.45) is 5.73 Å². The minimum atomic E-state index is -0.786. The fourth-order valence-corrected chi connectivity index (χ4v) is 4.26. The predicted octanol–water partition coefficient (Wildman–Crippen LogP) is 2.79. The molecule has 39 heavy (non-hydrogen) atoms. The van der Waals surface area contributed by atoms with Gasteiger partial charge in [-0.3, -0.25) is 24.4 Å². The number of benzene rings is 1. The number of H-pyrrole nitrogens is 1.